The maximum atomic E-state index is 13.1. The maximum absolute atomic E-state index is 13.1. The molecule has 2 aliphatic rings. The topological polar surface area (TPSA) is 54.9 Å². The summed E-state index contributed by atoms with van der Waals surface area (Å²) in [5, 5.41) is 0. The number of piperazine rings is 1. The zero-order valence-corrected chi connectivity index (χ0v) is 19.4. The largest absolute Gasteiger partial charge is 0.474 e. The van der Waals surface area contributed by atoms with Gasteiger partial charge >= 0.3 is 0 Å². The average Bonchev–Trinajstić information content (AvgIpc) is 2.91. The zero-order chi connectivity index (χ0) is 23.2. The van der Waals surface area contributed by atoms with Crippen molar-refractivity contribution >= 4 is 5.91 Å². The molecule has 0 spiro atoms. The lowest BCUT2D eigenvalue weighted by Gasteiger charge is -2.39. The molecule has 2 saturated heterocycles. The quantitative estimate of drug-likeness (QED) is 0.556. The summed E-state index contributed by atoms with van der Waals surface area (Å²) < 4.78 is 11.3. The molecular weight excluding hydrogens is 426 g/mol. The Morgan fingerprint density at radius 1 is 0.853 bits per heavy atom. The highest BCUT2D eigenvalue weighted by atomic mass is 16.5. The van der Waals surface area contributed by atoms with Crippen LogP contribution in [0.15, 0.2) is 79.0 Å². The van der Waals surface area contributed by atoms with Gasteiger partial charge in [-0.3, -0.25) is 9.69 Å². The molecule has 2 aliphatic heterocycles. The van der Waals surface area contributed by atoms with E-state index in [4.69, 9.17) is 9.47 Å². The predicted molar refractivity (Wildman–Crippen MR) is 131 cm³/mol. The van der Waals surface area contributed by atoms with E-state index in [0.29, 0.717) is 24.5 Å². The van der Waals surface area contributed by atoms with Crippen LogP contribution in [0, 0.1) is 0 Å². The molecule has 34 heavy (non-hydrogen) atoms. The van der Waals surface area contributed by atoms with Crippen LogP contribution in [0.1, 0.15) is 40.4 Å². The Bertz CT molecular complexity index is 1010. The van der Waals surface area contributed by atoms with Crippen molar-refractivity contribution < 1.29 is 14.3 Å². The van der Waals surface area contributed by atoms with Gasteiger partial charge in [-0.25, -0.2) is 4.98 Å². The van der Waals surface area contributed by atoms with Gasteiger partial charge in [-0.05, 0) is 17.2 Å². The molecule has 1 amide bonds. The second-order valence-corrected chi connectivity index (χ2v) is 8.87. The zero-order valence-electron chi connectivity index (χ0n) is 19.4. The molecule has 0 bridgehead atoms. The van der Waals surface area contributed by atoms with E-state index in [-0.39, 0.29) is 18.1 Å². The number of aromatic nitrogens is 1. The monoisotopic (exact) mass is 457 g/mol. The number of amides is 1. The van der Waals surface area contributed by atoms with Crippen LogP contribution in [-0.2, 0) is 4.74 Å². The van der Waals surface area contributed by atoms with Crippen molar-refractivity contribution in [3.63, 3.8) is 0 Å². The smallest absolute Gasteiger partial charge is 0.255 e. The molecule has 3 heterocycles. The summed E-state index contributed by atoms with van der Waals surface area (Å²) in [6, 6.07) is 25.0. The third-order valence-corrected chi connectivity index (χ3v) is 6.64. The van der Waals surface area contributed by atoms with E-state index in [9.17, 15) is 4.79 Å². The lowest BCUT2D eigenvalue weighted by Crippen LogP contribution is -2.49. The maximum Gasteiger partial charge on any atom is 0.255 e. The molecule has 0 aliphatic carbocycles. The predicted octanol–water partition coefficient (Wildman–Crippen LogP) is 4.19. The lowest BCUT2D eigenvalue weighted by molar-refractivity contribution is 0.0237. The van der Waals surface area contributed by atoms with Crippen molar-refractivity contribution in [2.24, 2.45) is 0 Å². The molecule has 0 radical (unpaired) electrons. The average molecular weight is 458 g/mol. The molecule has 0 unspecified atom stereocenters. The standard InChI is InChI=1S/C28H31N3O3/c32-28(24-11-12-26(29-21-24)34-25-13-19-33-20-14-25)31-17-15-30(16-18-31)27(22-7-3-1-4-8-22)23-9-5-2-6-10-23/h1-12,21,25,27H,13-20H2. The Hall–Kier alpha value is -3.22. The third kappa shape index (κ3) is 5.29. The molecule has 0 atom stereocenters. The van der Waals surface area contributed by atoms with Gasteiger partial charge < -0.3 is 14.4 Å². The molecule has 6 nitrogen and oxygen atoms in total. The van der Waals surface area contributed by atoms with E-state index in [1.165, 1.54) is 11.1 Å². The summed E-state index contributed by atoms with van der Waals surface area (Å²) in [7, 11) is 0. The summed E-state index contributed by atoms with van der Waals surface area (Å²) in [5.74, 6) is 0.600. The van der Waals surface area contributed by atoms with Crippen molar-refractivity contribution in [2.45, 2.75) is 25.0 Å². The van der Waals surface area contributed by atoms with Gasteiger partial charge in [0.25, 0.3) is 5.91 Å². The summed E-state index contributed by atoms with van der Waals surface area (Å²) in [5.41, 5.74) is 3.16. The number of ether oxygens (including phenoxy) is 2. The van der Waals surface area contributed by atoms with Gasteiger partial charge in [-0.15, -0.1) is 0 Å². The van der Waals surface area contributed by atoms with Gasteiger partial charge in [0.15, 0.2) is 0 Å². The van der Waals surface area contributed by atoms with Crippen LogP contribution >= 0.6 is 0 Å². The highest BCUT2D eigenvalue weighted by molar-refractivity contribution is 5.94. The normalized spacial score (nSPS) is 17.6. The number of hydrogen-bond acceptors (Lipinski definition) is 5. The van der Waals surface area contributed by atoms with Crippen LogP contribution in [-0.4, -0.2) is 66.2 Å². The Labute approximate surface area is 201 Å². The third-order valence-electron chi connectivity index (χ3n) is 6.64. The van der Waals surface area contributed by atoms with Crippen molar-refractivity contribution in [1.82, 2.24) is 14.8 Å². The molecule has 0 N–H and O–H groups in total. The van der Waals surface area contributed by atoms with Crippen molar-refractivity contribution in [3.8, 4) is 5.88 Å². The van der Waals surface area contributed by atoms with Crippen LogP contribution in [0.25, 0.3) is 0 Å². The Morgan fingerprint density at radius 2 is 1.47 bits per heavy atom. The minimum atomic E-state index is 0.0285. The number of benzene rings is 2. The minimum absolute atomic E-state index is 0.0285. The fraction of sp³-hybridized carbons (Fsp3) is 0.357. The number of hydrogen-bond donors (Lipinski definition) is 0. The molecular formula is C28H31N3O3. The SMILES string of the molecule is O=C(c1ccc(OC2CCOCC2)nc1)N1CCN(C(c2ccccc2)c2ccccc2)CC1. The molecule has 176 valence electrons. The van der Waals surface area contributed by atoms with Crippen molar-refractivity contribution in [3.05, 3.63) is 95.7 Å². The molecule has 6 heteroatoms. The number of pyridine rings is 1. The molecule has 2 aromatic carbocycles. The fourth-order valence-corrected chi connectivity index (χ4v) is 4.79. The minimum Gasteiger partial charge on any atom is -0.474 e. The second kappa shape index (κ2) is 10.8. The summed E-state index contributed by atoms with van der Waals surface area (Å²) in [4.78, 5) is 21.9. The first-order valence-corrected chi connectivity index (χ1v) is 12.1. The van der Waals surface area contributed by atoms with E-state index in [1.807, 2.05) is 11.0 Å². The van der Waals surface area contributed by atoms with E-state index in [0.717, 1.165) is 39.1 Å². The van der Waals surface area contributed by atoms with Crippen LogP contribution in [0.3, 0.4) is 0 Å². The second-order valence-electron chi connectivity index (χ2n) is 8.87. The van der Waals surface area contributed by atoms with Crippen LogP contribution in [0.5, 0.6) is 5.88 Å². The number of nitrogens with zero attached hydrogens (tertiary/aromatic N) is 3. The molecule has 2 fully saturated rings. The van der Waals surface area contributed by atoms with Gasteiger partial charge in [0.2, 0.25) is 5.88 Å². The van der Waals surface area contributed by atoms with E-state index >= 15 is 0 Å². The Kier molecular flexibility index (Phi) is 7.17. The first-order valence-electron chi connectivity index (χ1n) is 12.1. The Balaban J connectivity index is 1.22. The molecule has 0 saturated carbocycles. The number of carbonyl (C=O) groups excluding carboxylic acids is 1. The summed E-state index contributed by atoms with van der Waals surface area (Å²) >= 11 is 0. The molecule has 1 aromatic heterocycles. The van der Waals surface area contributed by atoms with Crippen LogP contribution in [0.2, 0.25) is 0 Å². The van der Waals surface area contributed by atoms with Crippen molar-refractivity contribution in [2.75, 3.05) is 39.4 Å². The van der Waals surface area contributed by atoms with E-state index in [1.54, 1.807) is 12.3 Å². The van der Waals surface area contributed by atoms with Gasteiger partial charge in [0.1, 0.15) is 6.10 Å². The van der Waals surface area contributed by atoms with Crippen LogP contribution < -0.4 is 4.74 Å². The van der Waals surface area contributed by atoms with Gasteiger partial charge in [-0.2, -0.15) is 0 Å². The number of carbonyl (C=O) groups is 1. The lowest BCUT2D eigenvalue weighted by atomic mass is 9.96. The van der Waals surface area contributed by atoms with Crippen molar-refractivity contribution in [1.29, 1.82) is 0 Å². The first kappa shape index (κ1) is 22.6. The summed E-state index contributed by atoms with van der Waals surface area (Å²) in [6.45, 7) is 4.47. The van der Waals surface area contributed by atoms with Gasteiger partial charge in [0.05, 0.1) is 24.8 Å². The fourth-order valence-electron chi connectivity index (χ4n) is 4.79. The highest BCUT2D eigenvalue weighted by Crippen LogP contribution is 2.29. The molecule has 3 aromatic rings. The summed E-state index contributed by atoms with van der Waals surface area (Å²) in [6.07, 6.45) is 3.53. The molecule has 5 rings (SSSR count). The van der Waals surface area contributed by atoms with E-state index in [2.05, 4.69) is 70.5 Å². The van der Waals surface area contributed by atoms with Gasteiger partial charge in [0, 0.05) is 51.3 Å². The Morgan fingerprint density at radius 3 is 2.03 bits per heavy atom. The first-order chi connectivity index (χ1) is 16.8. The van der Waals surface area contributed by atoms with Crippen LogP contribution in [0.4, 0.5) is 0 Å². The van der Waals surface area contributed by atoms with E-state index < -0.39 is 0 Å². The number of rotatable bonds is 6. The highest BCUT2D eigenvalue weighted by Gasteiger charge is 2.28. The van der Waals surface area contributed by atoms with Gasteiger partial charge in [-0.1, -0.05) is 60.7 Å².